The van der Waals surface area contributed by atoms with Crippen molar-refractivity contribution in [3.05, 3.63) is 59.7 Å². The number of hydrogen-bond donors (Lipinski definition) is 2. The molecule has 1 fully saturated rings. The minimum Gasteiger partial charge on any atom is -0.493 e. The van der Waals surface area contributed by atoms with E-state index in [1.807, 2.05) is 36.4 Å². The molecule has 1 heterocycles. The van der Waals surface area contributed by atoms with E-state index in [-0.39, 0.29) is 6.61 Å². The zero-order valence-electron chi connectivity index (χ0n) is 17.5. The summed E-state index contributed by atoms with van der Waals surface area (Å²) >= 11 is 0. The highest BCUT2D eigenvalue weighted by Crippen LogP contribution is 2.28. The standard InChI is InChI=1S/C23H33N3O3/c1-25-10-12-26(13-11-25)17-21(27)18-29-23-14-20(8-9-22(23)28-2)16-24-15-19-6-4-3-5-7-19/h3-9,14,21,24,27H,10-13,15-18H2,1-2H3/t21-/m1/s1. The quantitative estimate of drug-likeness (QED) is 0.637. The van der Waals surface area contributed by atoms with Crippen LogP contribution in [0.5, 0.6) is 11.5 Å². The van der Waals surface area contributed by atoms with Crippen LogP contribution in [0.3, 0.4) is 0 Å². The first kappa shape index (κ1) is 21.6. The lowest BCUT2D eigenvalue weighted by atomic mass is 10.2. The van der Waals surface area contributed by atoms with Gasteiger partial charge in [0.1, 0.15) is 12.7 Å². The van der Waals surface area contributed by atoms with Crippen molar-refractivity contribution >= 4 is 0 Å². The summed E-state index contributed by atoms with van der Waals surface area (Å²) in [5.41, 5.74) is 2.37. The van der Waals surface area contributed by atoms with Crippen LogP contribution in [0.4, 0.5) is 0 Å². The smallest absolute Gasteiger partial charge is 0.161 e. The molecule has 0 radical (unpaired) electrons. The first-order valence-corrected chi connectivity index (χ1v) is 10.3. The normalized spacial score (nSPS) is 16.5. The number of β-amino-alcohol motifs (C(OH)–C–C–N with tert-alkyl or cyclic N) is 1. The highest BCUT2D eigenvalue weighted by molar-refractivity contribution is 5.43. The molecule has 1 aliphatic rings. The van der Waals surface area contributed by atoms with Crippen molar-refractivity contribution in [1.29, 1.82) is 0 Å². The monoisotopic (exact) mass is 399 g/mol. The van der Waals surface area contributed by atoms with Crippen LogP contribution in [-0.2, 0) is 13.1 Å². The fourth-order valence-electron chi connectivity index (χ4n) is 3.46. The van der Waals surface area contributed by atoms with E-state index < -0.39 is 6.10 Å². The van der Waals surface area contributed by atoms with Crippen LogP contribution in [0.15, 0.2) is 48.5 Å². The maximum Gasteiger partial charge on any atom is 0.161 e. The number of aliphatic hydroxyl groups is 1. The molecular formula is C23H33N3O3. The van der Waals surface area contributed by atoms with Crippen LogP contribution in [0.2, 0.25) is 0 Å². The van der Waals surface area contributed by atoms with Crippen LogP contribution < -0.4 is 14.8 Å². The van der Waals surface area contributed by atoms with E-state index in [0.29, 0.717) is 18.0 Å². The van der Waals surface area contributed by atoms with E-state index in [4.69, 9.17) is 9.47 Å². The van der Waals surface area contributed by atoms with Gasteiger partial charge in [0, 0.05) is 45.8 Å². The summed E-state index contributed by atoms with van der Waals surface area (Å²) in [5, 5.41) is 13.8. The van der Waals surface area contributed by atoms with E-state index in [0.717, 1.165) is 44.8 Å². The highest BCUT2D eigenvalue weighted by Gasteiger charge is 2.18. The molecule has 1 aliphatic heterocycles. The molecule has 0 bridgehead atoms. The summed E-state index contributed by atoms with van der Waals surface area (Å²) in [6.07, 6.45) is -0.525. The summed E-state index contributed by atoms with van der Waals surface area (Å²) in [4.78, 5) is 4.59. The predicted molar refractivity (Wildman–Crippen MR) is 115 cm³/mol. The number of aliphatic hydroxyl groups excluding tert-OH is 1. The average Bonchev–Trinajstić information content (AvgIpc) is 2.75. The average molecular weight is 400 g/mol. The van der Waals surface area contributed by atoms with Crippen molar-refractivity contribution in [2.75, 3.05) is 53.5 Å². The topological polar surface area (TPSA) is 57.2 Å². The lowest BCUT2D eigenvalue weighted by molar-refractivity contribution is 0.0498. The molecule has 0 aliphatic carbocycles. The summed E-state index contributed by atoms with van der Waals surface area (Å²) in [6.45, 7) is 6.49. The molecule has 0 unspecified atom stereocenters. The van der Waals surface area contributed by atoms with E-state index in [2.05, 4.69) is 34.3 Å². The van der Waals surface area contributed by atoms with Crippen molar-refractivity contribution in [3.8, 4) is 11.5 Å². The predicted octanol–water partition coefficient (Wildman–Crippen LogP) is 1.97. The Balaban J connectivity index is 1.49. The maximum atomic E-state index is 10.4. The molecule has 3 rings (SSSR count). The Bertz CT molecular complexity index is 733. The SMILES string of the molecule is COc1ccc(CNCc2ccccc2)cc1OC[C@H](O)CN1CCN(C)CC1. The number of ether oxygens (including phenoxy) is 2. The van der Waals surface area contributed by atoms with Crippen LogP contribution in [0.25, 0.3) is 0 Å². The zero-order valence-corrected chi connectivity index (χ0v) is 17.5. The molecule has 1 atom stereocenters. The molecule has 2 aromatic carbocycles. The molecule has 29 heavy (non-hydrogen) atoms. The number of hydrogen-bond acceptors (Lipinski definition) is 6. The van der Waals surface area contributed by atoms with Crippen LogP contribution in [0.1, 0.15) is 11.1 Å². The second-order valence-electron chi connectivity index (χ2n) is 7.64. The number of nitrogens with zero attached hydrogens (tertiary/aromatic N) is 2. The van der Waals surface area contributed by atoms with E-state index in [1.165, 1.54) is 5.56 Å². The van der Waals surface area contributed by atoms with E-state index in [1.54, 1.807) is 7.11 Å². The Morgan fingerprint density at radius 3 is 2.41 bits per heavy atom. The molecule has 6 nitrogen and oxygen atoms in total. The second kappa shape index (κ2) is 11.2. The number of piperazine rings is 1. The fraction of sp³-hybridized carbons (Fsp3) is 0.478. The van der Waals surface area contributed by atoms with Gasteiger partial charge >= 0.3 is 0 Å². The lowest BCUT2D eigenvalue weighted by Crippen LogP contribution is -2.47. The van der Waals surface area contributed by atoms with Crippen molar-refractivity contribution in [1.82, 2.24) is 15.1 Å². The van der Waals surface area contributed by atoms with Gasteiger partial charge in [0.25, 0.3) is 0 Å². The minimum atomic E-state index is -0.525. The number of methoxy groups -OCH3 is 1. The Morgan fingerprint density at radius 1 is 0.966 bits per heavy atom. The van der Waals surface area contributed by atoms with Gasteiger partial charge in [0.05, 0.1) is 7.11 Å². The molecule has 0 saturated carbocycles. The van der Waals surface area contributed by atoms with Gasteiger partial charge in [-0.3, -0.25) is 4.90 Å². The number of benzene rings is 2. The van der Waals surface area contributed by atoms with Gasteiger partial charge in [-0.15, -0.1) is 0 Å². The molecule has 0 amide bonds. The summed E-state index contributed by atoms with van der Waals surface area (Å²) < 4.78 is 11.3. The molecule has 2 aromatic rings. The number of nitrogens with one attached hydrogen (secondary N) is 1. The highest BCUT2D eigenvalue weighted by atomic mass is 16.5. The lowest BCUT2D eigenvalue weighted by Gasteiger charge is -2.33. The van der Waals surface area contributed by atoms with Crippen molar-refractivity contribution in [3.63, 3.8) is 0 Å². The summed E-state index contributed by atoms with van der Waals surface area (Å²) in [5.74, 6) is 1.35. The zero-order chi connectivity index (χ0) is 20.5. The first-order valence-electron chi connectivity index (χ1n) is 10.3. The second-order valence-corrected chi connectivity index (χ2v) is 7.64. The molecule has 6 heteroatoms. The van der Waals surface area contributed by atoms with Crippen LogP contribution in [0, 0.1) is 0 Å². The van der Waals surface area contributed by atoms with Crippen molar-refractivity contribution in [2.45, 2.75) is 19.2 Å². The Morgan fingerprint density at radius 2 is 1.69 bits per heavy atom. The molecule has 2 N–H and O–H groups in total. The number of rotatable bonds is 10. The molecule has 158 valence electrons. The van der Waals surface area contributed by atoms with Gasteiger partial charge in [-0.25, -0.2) is 0 Å². The van der Waals surface area contributed by atoms with Crippen LogP contribution in [-0.4, -0.2) is 74.5 Å². The Hall–Kier alpha value is -2.12. The Kier molecular flexibility index (Phi) is 8.31. The van der Waals surface area contributed by atoms with Gasteiger partial charge in [-0.05, 0) is 30.3 Å². The molecule has 0 spiro atoms. The summed E-state index contributed by atoms with van der Waals surface area (Å²) in [6, 6.07) is 16.3. The molecule has 0 aromatic heterocycles. The van der Waals surface area contributed by atoms with Crippen molar-refractivity contribution in [2.24, 2.45) is 0 Å². The first-order chi connectivity index (χ1) is 14.1. The third kappa shape index (κ3) is 7.01. The number of likely N-dealkylation sites (N-methyl/N-ethyl adjacent to an activating group) is 1. The largest absolute Gasteiger partial charge is 0.493 e. The van der Waals surface area contributed by atoms with Gasteiger partial charge in [-0.2, -0.15) is 0 Å². The summed E-state index contributed by atoms with van der Waals surface area (Å²) in [7, 11) is 3.76. The third-order valence-corrected chi connectivity index (χ3v) is 5.23. The maximum absolute atomic E-state index is 10.4. The van der Waals surface area contributed by atoms with Gasteiger partial charge in [0.15, 0.2) is 11.5 Å². The fourth-order valence-corrected chi connectivity index (χ4v) is 3.46. The van der Waals surface area contributed by atoms with Gasteiger partial charge in [0.2, 0.25) is 0 Å². The van der Waals surface area contributed by atoms with Gasteiger partial charge in [-0.1, -0.05) is 36.4 Å². The van der Waals surface area contributed by atoms with Crippen LogP contribution >= 0.6 is 0 Å². The molecular weight excluding hydrogens is 366 g/mol. The third-order valence-electron chi connectivity index (χ3n) is 5.23. The van der Waals surface area contributed by atoms with Gasteiger partial charge < -0.3 is 24.8 Å². The van der Waals surface area contributed by atoms with E-state index in [9.17, 15) is 5.11 Å². The molecule has 1 saturated heterocycles. The van der Waals surface area contributed by atoms with E-state index >= 15 is 0 Å². The minimum absolute atomic E-state index is 0.254. The Labute approximate surface area is 174 Å². The van der Waals surface area contributed by atoms with Crippen molar-refractivity contribution < 1.29 is 14.6 Å².